The standard InChI is InChI=1S/C16H11N7/c1-3-22(9-17-1)15-5-13-11(7-19-15)12-8-20-16(6-14(12)21-13)23-4-2-18-10-23/h1-10,21H. The van der Waals surface area contributed by atoms with E-state index in [-0.39, 0.29) is 0 Å². The topological polar surface area (TPSA) is 77.2 Å². The van der Waals surface area contributed by atoms with Gasteiger partial charge in [-0.15, -0.1) is 0 Å². The smallest absolute Gasteiger partial charge is 0.139 e. The van der Waals surface area contributed by atoms with Crippen LogP contribution in [-0.2, 0) is 0 Å². The summed E-state index contributed by atoms with van der Waals surface area (Å²) in [5.41, 5.74) is 2.03. The molecule has 23 heavy (non-hydrogen) atoms. The molecule has 0 fully saturated rings. The van der Waals surface area contributed by atoms with Gasteiger partial charge in [-0.3, -0.25) is 9.13 Å². The molecular weight excluding hydrogens is 290 g/mol. The van der Waals surface area contributed by atoms with Crippen LogP contribution >= 0.6 is 0 Å². The normalized spacial score (nSPS) is 11.5. The number of imidazole rings is 2. The van der Waals surface area contributed by atoms with E-state index in [0.29, 0.717) is 0 Å². The third kappa shape index (κ3) is 1.83. The molecule has 0 aliphatic rings. The molecule has 7 nitrogen and oxygen atoms in total. The second kappa shape index (κ2) is 4.51. The van der Waals surface area contributed by atoms with Crippen LogP contribution in [0.25, 0.3) is 33.4 Å². The number of rotatable bonds is 2. The zero-order valence-electron chi connectivity index (χ0n) is 12.0. The maximum Gasteiger partial charge on any atom is 0.139 e. The molecule has 0 atom stereocenters. The van der Waals surface area contributed by atoms with Crippen molar-refractivity contribution in [1.82, 2.24) is 34.1 Å². The van der Waals surface area contributed by atoms with Crippen molar-refractivity contribution in [2.75, 3.05) is 0 Å². The van der Waals surface area contributed by atoms with Gasteiger partial charge in [0.05, 0.1) is 11.0 Å². The highest BCUT2D eigenvalue weighted by atomic mass is 15.1. The van der Waals surface area contributed by atoms with E-state index in [2.05, 4.69) is 24.9 Å². The molecule has 0 saturated carbocycles. The summed E-state index contributed by atoms with van der Waals surface area (Å²) in [7, 11) is 0. The Morgan fingerprint density at radius 1 is 0.739 bits per heavy atom. The predicted molar refractivity (Wildman–Crippen MR) is 85.6 cm³/mol. The number of nitrogens with zero attached hydrogens (tertiary/aromatic N) is 6. The van der Waals surface area contributed by atoms with E-state index < -0.39 is 0 Å². The molecule has 0 aliphatic heterocycles. The SMILES string of the molecule is c1cn(-c2cc3[nH]c4cc(-n5ccnc5)ncc4c3cn2)cn1. The number of nitrogens with one attached hydrogen (secondary N) is 1. The fourth-order valence-corrected chi connectivity index (χ4v) is 2.74. The number of H-pyrrole nitrogens is 1. The highest BCUT2D eigenvalue weighted by Crippen LogP contribution is 2.26. The van der Waals surface area contributed by atoms with Crippen molar-refractivity contribution in [2.24, 2.45) is 0 Å². The van der Waals surface area contributed by atoms with Crippen molar-refractivity contribution in [3.8, 4) is 11.6 Å². The average molecular weight is 301 g/mol. The van der Waals surface area contributed by atoms with Crippen LogP contribution in [-0.4, -0.2) is 34.1 Å². The van der Waals surface area contributed by atoms with Crippen molar-refractivity contribution < 1.29 is 0 Å². The second-order valence-corrected chi connectivity index (χ2v) is 5.24. The fraction of sp³-hybridized carbons (Fsp3) is 0. The van der Waals surface area contributed by atoms with Crippen LogP contribution < -0.4 is 0 Å². The monoisotopic (exact) mass is 301 g/mol. The molecule has 0 aromatic carbocycles. The van der Waals surface area contributed by atoms with Crippen LogP contribution in [0.5, 0.6) is 0 Å². The Labute approximate surface area is 130 Å². The Balaban J connectivity index is 1.71. The molecule has 5 aromatic rings. The van der Waals surface area contributed by atoms with E-state index >= 15 is 0 Å². The first-order valence-electron chi connectivity index (χ1n) is 7.13. The Morgan fingerprint density at radius 2 is 1.26 bits per heavy atom. The molecule has 110 valence electrons. The van der Waals surface area contributed by atoms with Gasteiger partial charge in [0.1, 0.15) is 24.3 Å². The lowest BCUT2D eigenvalue weighted by Crippen LogP contribution is -1.93. The van der Waals surface area contributed by atoms with Crippen molar-refractivity contribution in [3.05, 3.63) is 62.0 Å². The zero-order valence-corrected chi connectivity index (χ0v) is 12.0. The summed E-state index contributed by atoms with van der Waals surface area (Å²) in [6, 6.07) is 4.02. The van der Waals surface area contributed by atoms with Gasteiger partial charge in [-0.2, -0.15) is 0 Å². The Kier molecular flexibility index (Phi) is 2.37. The molecule has 0 aliphatic carbocycles. The van der Waals surface area contributed by atoms with E-state index in [1.807, 2.05) is 46.1 Å². The van der Waals surface area contributed by atoms with Gasteiger partial charge in [-0.05, 0) is 0 Å². The van der Waals surface area contributed by atoms with Gasteiger partial charge < -0.3 is 4.98 Å². The summed E-state index contributed by atoms with van der Waals surface area (Å²) in [5, 5.41) is 2.10. The molecule has 5 aromatic heterocycles. The first-order chi connectivity index (χ1) is 11.4. The molecule has 5 heterocycles. The minimum atomic E-state index is 0.823. The van der Waals surface area contributed by atoms with Crippen molar-refractivity contribution in [2.45, 2.75) is 0 Å². The maximum atomic E-state index is 4.50. The molecule has 0 radical (unpaired) electrons. The maximum absolute atomic E-state index is 4.50. The van der Waals surface area contributed by atoms with E-state index in [1.54, 1.807) is 25.0 Å². The Bertz CT molecular complexity index is 1020. The summed E-state index contributed by atoms with van der Waals surface area (Å²) in [6.45, 7) is 0. The van der Waals surface area contributed by atoms with Crippen LogP contribution in [0.15, 0.2) is 62.0 Å². The van der Waals surface area contributed by atoms with Crippen molar-refractivity contribution in [1.29, 1.82) is 0 Å². The first-order valence-corrected chi connectivity index (χ1v) is 7.13. The van der Waals surface area contributed by atoms with Crippen LogP contribution in [0, 0.1) is 0 Å². The Morgan fingerprint density at radius 3 is 1.70 bits per heavy atom. The number of aromatic amines is 1. The van der Waals surface area contributed by atoms with Gasteiger partial charge in [0.25, 0.3) is 0 Å². The molecule has 0 bridgehead atoms. The first kappa shape index (κ1) is 12.1. The third-order valence-corrected chi connectivity index (χ3v) is 3.88. The van der Waals surface area contributed by atoms with Gasteiger partial charge >= 0.3 is 0 Å². The van der Waals surface area contributed by atoms with E-state index in [0.717, 1.165) is 33.4 Å². The summed E-state index contributed by atoms with van der Waals surface area (Å²) >= 11 is 0. The molecular formula is C16H11N7. The molecule has 0 spiro atoms. The molecule has 7 heteroatoms. The van der Waals surface area contributed by atoms with Crippen LogP contribution in [0.3, 0.4) is 0 Å². The number of fused-ring (bicyclic) bond motifs is 3. The molecule has 0 unspecified atom stereocenters. The summed E-state index contributed by atoms with van der Waals surface area (Å²) in [5.74, 6) is 1.65. The largest absolute Gasteiger partial charge is 0.354 e. The minimum absolute atomic E-state index is 0.823. The fourth-order valence-electron chi connectivity index (χ4n) is 2.74. The van der Waals surface area contributed by atoms with Crippen LogP contribution in [0.2, 0.25) is 0 Å². The average Bonchev–Trinajstić information content (AvgIpc) is 3.32. The summed E-state index contributed by atoms with van der Waals surface area (Å²) < 4.78 is 3.75. The predicted octanol–water partition coefficient (Wildman–Crippen LogP) is 2.48. The van der Waals surface area contributed by atoms with Crippen LogP contribution in [0.1, 0.15) is 0 Å². The Hall–Kier alpha value is -3.48. The number of aromatic nitrogens is 7. The van der Waals surface area contributed by atoms with Gasteiger partial charge in [-0.25, -0.2) is 19.9 Å². The van der Waals surface area contributed by atoms with Crippen molar-refractivity contribution >= 4 is 21.8 Å². The van der Waals surface area contributed by atoms with Gasteiger partial charge in [0.15, 0.2) is 0 Å². The lowest BCUT2D eigenvalue weighted by molar-refractivity contribution is 0.998. The number of pyridine rings is 2. The minimum Gasteiger partial charge on any atom is -0.354 e. The third-order valence-electron chi connectivity index (χ3n) is 3.88. The van der Waals surface area contributed by atoms with Gasteiger partial charge in [0, 0.05) is 60.1 Å². The molecule has 0 saturated heterocycles. The van der Waals surface area contributed by atoms with Gasteiger partial charge in [-0.1, -0.05) is 0 Å². The van der Waals surface area contributed by atoms with Gasteiger partial charge in [0.2, 0.25) is 0 Å². The van der Waals surface area contributed by atoms with Crippen molar-refractivity contribution in [3.63, 3.8) is 0 Å². The van der Waals surface area contributed by atoms with Crippen LogP contribution in [0.4, 0.5) is 0 Å². The summed E-state index contributed by atoms with van der Waals surface area (Å²) in [4.78, 5) is 20.6. The molecule has 1 N–H and O–H groups in total. The zero-order chi connectivity index (χ0) is 15.2. The van der Waals surface area contributed by atoms with E-state index in [9.17, 15) is 0 Å². The summed E-state index contributed by atoms with van der Waals surface area (Å²) in [6.07, 6.45) is 14.4. The van der Waals surface area contributed by atoms with E-state index in [4.69, 9.17) is 0 Å². The number of hydrogen-bond acceptors (Lipinski definition) is 4. The second-order valence-electron chi connectivity index (χ2n) is 5.24. The lowest BCUT2D eigenvalue weighted by atomic mass is 10.2. The highest BCUT2D eigenvalue weighted by molar-refractivity contribution is 6.07. The quantitative estimate of drug-likeness (QED) is 0.543. The van der Waals surface area contributed by atoms with E-state index in [1.165, 1.54) is 0 Å². The number of hydrogen-bond donors (Lipinski definition) is 1. The molecule has 0 amide bonds. The highest BCUT2D eigenvalue weighted by Gasteiger charge is 2.09. The molecule has 5 rings (SSSR count). The lowest BCUT2D eigenvalue weighted by Gasteiger charge is -2.00.